The lowest BCUT2D eigenvalue weighted by Gasteiger charge is -2.07. The Bertz CT molecular complexity index is 757. The van der Waals surface area contributed by atoms with Gasteiger partial charge in [-0.1, -0.05) is 0 Å². The zero-order valence-electron chi connectivity index (χ0n) is 13.7. The molecule has 1 aromatic carbocycles. The minimum Gasteiger partial charge on any atom is -0.487 e. The summed E-state index contributed by atoms with van der Waals surface area (Å²) >= 11 is 1.55. The zero-order valence-corrected chi connectivity index (χ0v) is 14.5. The van der Waals surface area contributed by atoms with Gasteiger partial charge in [0, 0.05) is 12.3 Å². The van der Waals surface area contributed by atoms with E-state index < -0.39 is 24.4 Å². The molecular weight excluding hydrogens is 346 g/mol. The van der Waals surface area contributed by atoms with Gasteiger partial charge >= 0.3 is 5.97 Å². The van der Waals surface area contributed by atoms with E-state index in [2.05, 4.69) is 15.8 Å². The van der Waals surface area contributed by atoms with Gasteiger partial charge in [-0.2, -0.15) is 0 Å². The van der Waals surface area contributed by atoms with Crippen molar-refractivity contribution in [2.75, 3.05) is 6.61 Å². The fraction of sp³-hybridized carbons (Fsp3) is 0.250. The number of amides is 2. The van der Waals surface area contributed by atoms with Crippen LogP contribution < -0.4 is 15.6 Å². The summed E-state index contributed by atoms with van der Waals surface area (Å²) in [5.41, 5.74) is 5.31. The topological polar surface area (TPSA) is 107 Å². The van der Waals surface area contributed by atoms with E-state index in [1.165, 1.54) is 19.1 Å². The van der Waals surface area contributed by atoms with Crippen molar-refractivity contribution in [3.8, 4) is 5.75 Å². The monoisotopic (exact) mass is 363 g/mol. The lowest BCUT2D eigenvalue weighted by atomic mass is 10.2. The molecule has 0 saturated carbocycles. The molecule has 0 unspecified atom stereocenters. The third kappa shape index (κ3) is 6.22. The number of carbonyl (C=O) groups is 3. The maximum atomic E-state index is 11.8. The molecule has 8 nitrogen and oxygen atoms in total. The predicted octanol–water partition coefficient (Wildman–Crippen LogP) is 1.35. The number of hydrogen-bond donors (Lipinski definition) is 2. The predicted molar refractivity (Wildman–Crippen MR) is 89.9 cm³/mol. The summed E-state index contributed by atoms with van der Waals surface area (Å²) < 4.78 is 10.4. The molecule has 0 aliphatic rings. The van der Waals surface area contributed by atoms with Crippen LogP contribution in [0.25, 0.3) is 0 Å². The quantitative estimate of drug-likeness (QED) is 0.593. The van der Waals surface area contributed by atoms with Gasteiger partial charge in [0.25, 0.3) is 5.91 Å². The minimum atomic E-state index is -0.653. The second-order valence-electron chi connectivity index (χ2n) is 4.98. The summed E-state index contributed by atoms with van der Waals surface area (Å²) in [7, 11) is 0. The fourth-order valence-corrected chi connectivity index (χ4v) is 2.32. The Balaban J connectivity index is 1.79. The normalized spacial score (nSPS) is 10.0. The maximum Gasteiger partial charge on any atom is 0.338 e. The lowest BCUT2D eigenvalue weighted by molar-refractivity contribution is -0.129. The number of thiazole rings is 1. The van der Waals surface area contributed by atoms with Crippen molar-refractivity contribution < 1.29 is 23.9 Å². The molecular formula is C16H17N3O5S. The van der Waals surface area contributed by atoms with Crippen molar-refractivity contribution in [1.82, 2.24) is 15.8 Å². The van der Waals surface area contributed by atoms with Crippen molar-refractivity contribution in [1.29, 1.82) is 0 Å². The van der Waals surface area contributed by atoms with Gasteiger partial charge in [-0.3, -0.25) is 20.4 Å². The van der Waals surface area contributed by atoms with E-state index in [0.717, 1.165) is 10.7 Å². The van der Waals surface area contributed by atoms with Crippen LogP contribution in [0.1, 0.15) is 28.0 Å². The molecule has 1 heterocycles. The molecule has 0 radical (unpaired) electrons. The first-order valence-corrected chi connectivity index (χ1v) is 8.18. The summed E-state index contributed by atoms with van der Waals surface area (Å²) in [6, 6.07) is 6.34. The molecule has 25 heavy (non-hydrogen) atoms. The number of benzene rings is 1. The number of hydrazine groups is 1. The number of aromatic nitrogens is 1. The van der Waals surface area contributed by atoms with E-state index in [1.54, 1.807) is 23.5 Å². The molecule has 2 aromatic rings. The van der Waals surface area contributed by atoms with E-state index in [9.17, 15) is 14.4 Å². The van der Waals surface area contributed by atoms with Crippen molar-refractivity contribution in [2.45, 2.75) is 20.5 Å². The number of carbonyl (C=O) groups excluding carboxylic acids is 3. The van der Waals surface area contributed by atoms with E-state index in [4.69, 9.17) is 9.47 Å². The van der Waals surface area contributed by atoms with Gasteiger partial charge in [0.1, 0.15) is 12.4 Å². The number of nitrogens with zero attached hydrogens (tertiary/aromatic N) is 1. The first-order chi connectivity index (χ1) is 11.9. The molecule has 2 N–H and O–H groups in total. The summed E-state index contributed by atoms with van der Waals surface area (Å²) in [5.74, 6) is -1.13. The first-order valence-electron chi connectivity index (χ1n) is 7.30. The first kappa shape index (κ1) is 18.4. The second-order valence-corrected chi connectivity index (χ2v) is 6.04. The third-order valence-electron chi connectivity index (χ3n) is 2.86. The zero-order chi connectivity index (χ0) is 18.2. The summed E-state index contributed by atoms with van der Waals surface area (Å²) in [6.45, 7) is 3.01. The fourth-order valence-electron chi connectivity index (χ4n) is 1.73. The molecule has 1 aromatic heterocycles. The van der Waals surface area contributed by atoms with Gasteiger partial charge in [0.2, 0.25) is 5.91 Å². The van der Waals surface area contributed by atoms with Gasteiger partial charge in [-0.05, 0) is 31.2 Å². The molecule has 0 aliphatic heterocycles. The molecule has 0 fully saturated rings. The summed E-state index contributed by atoms with van der Waals surface area (Å²) in [5, 5.41) is 2.90. The van der Waals surface area contributed by atoms with E-state index in [0.29, 0.717) is 12.4 Å². The van der Waals surface area contributed by atoms with Crippen molar-refractivity contribution in [3.05, 3.63) is 45.9 Å². The standard InChI is InChI=1S/C16H17N3O5S/c1-10(20)18-19-15(21)8-24-16(22)12-3-5-14(6-4-12)23-7-13-9-25-11(2)17-13/h3-6,9H,7-8H2,1-2H3,(H,18,20)(H,19,21). The van der Waals surface area contributed by atoms with Crippen LogP contribution in [0.2, 0.25) is 0 Å². The number of ether oxygens (including phenoxy) is 2. The lowest BCUT2D eigenvalue weighted by Crippen LogP contribution is -2.42. The molecule has 132 valence electrons. The number of aryl methyl sites for hydroxylation is 1. The second kappa shape index (κ2) is 8.78. The Labute approximate surface area is 148 Å². The number of esters is 1. The van der Waals surface area contributed by atoms with Crippen molar-refractivity contribution in [2.24, 2.45) is 0 Å². The van der Waals surface area contributed by atoms with Crippen LogP contribution in [-0.4, -0.2) is 29.4 Å². The van der Waals surface area contributed by atoms with E-state index in [1.807, 2.05) is 12.3 Å². The highest BCUT2D eigenvalue weighted by Crippen LogP contribution is 2.16. The smallest absolute Gasteiger partial charge is 0.338 e. The average molecular weight is 363 g/mol. The molecule has 0 spiro atoms. The molecule has 0 bridgehead atoms. The number of rotatable bonds is 6. The summed E-state index contributed by atoms with van der Waals surface area (Å²) in [6.07, 6.45) is 0. The molecule has 2 amide bonds. The Morgan fingerprint density at radius 2 is 1.88 bits per heavy atom. The molecule has 0 aliphatic carbocycles. The van der Waals surface area contributed by atoms with Crippen LogP contribution in [0.5, 0.6) is 5.75 Å². The Morgan fingerprint density at radius 3 is 2.48 bits per heavy atom. The largest absolute Gasteiger partial charge is 0.487 e. The summed E-state index contributed by atoms with van der Waals surface area (Å²) in [4.78, 5) is 38.1. The van der Waals surface area contributed by atoms with E-state index >= 15 is 0 Å². The van der Waals surface area contributed by atoms with Crippen LogP contribution >= 0.6 is 11.3 Å². The molecule has 9 heteroatoms. The number of nitrogens with one attached hydrogen (secondary N) is 2. The SMILES string of the molecule is CC(=O)NNC(=O)COC(=O)c1ccc(OCc2csc(C)n2)cc1. The van der Waals surface area contributed by atoms with E-state index in [-0.39, 0.29) is 5.56 Å². The molecule has 0 atom stereocenters. The van der Waals surface area contributed by atoms with Gasteiger partial charge in [0.05, 0.1) is 16.3 Å². The highest BCUT2D eigenvalue weighted by atomic mass is 32.1. The third-order valence-corrected chi connectivity index (χ3v) is 3.68. The van der Waals surface area contributed by atoms with Gasteiger partial charge in [0.15, 0.2) is 6.61 Å². The van der Waals surface area contributed by atoms with Crippen LogP contribution in [0.3, 0.4) is 0 Å². The highest BCUT2D eigenvalue weighted by molar-refractivity contribution is 7.09. The minimum absolute atomic E-state index is 0.282. The van der Waals surface area contributed by atoms with Gasteiger partial charge in [-0.15, -0.1) is 11.3 Å². The van der Waals surface area contributed by atoms with Crippen LogP contribution in [-0.2, 0) is 20.9 Å². The molecule has 0 saturated heterocycles. The Morgan fingerprint density at radius 1 is 1.16 bits per heavy atom. The van der Waals surface area contributed by atoms with Crippen molar-refractivity contribution >= 4 is 29.1 Å². The van der Waals surface area contributed by atoms with Crippen molar-refractivity contribution in [3.63, 3.8) is 0 Å². The number of hydrogen-bond acceptors (Lipinski definition) is 7. The maximum absolute atomic E-state index is 11.8. The highest BCUT2D eigenvalue weighted by Gasteiger charge is 2.10. The molecule has 2 rings (SSSR count). The van der Waals surface area contributed by atoms with Gasteiger partial charge < -0.3 is 9.47 Å². The average Bonchev–Trinajstić information content (AvgIpc) is 3.01. The van der Waals surface area contributed by atoms with Crippen LogP contribution in [0.15, 0.2) is 29.6 Å². The van der Waals surface area contributed by atoms with Crippen LogP contribution in [0.4, 0.5) is 0 Å². The Hall–Kier alpha value is -2.94. The van der Waals surface area contributed by atoms with Gasteiger partial charge in [-0.25, -0.2) is 9.78 Å². The Kier molecular flexibility index (Phi) is 6.47. The van der Waals surface area contributed by atoms with Crippen LogP contribution in [0, 0.1) is 6.92 Å².